The molecule has 1 saturated heterocycles. The Morgan fingerprint density at radius 3 is 2.59 bits per heavy atom. The van der Waals surface area contributed by atoms with Gasteiger partial charge in [-0.1, -0.05) is 57.5 Å². The summed E-state index contributed by atoms with van der Waals surface area (Å²) in [6, 6.07) is 8.45. The third-order valence-corrected chi connectivity index (χ3v) is 6.77. The predicted molar refractivity (Wildman–Crippen MR) is 127 cm³/mol. The van der Waals surface area contributed by atoms with Crippen LogP contribution in [0.15, 0.2) is 30.3 Å². The summed E-state index contributed by atoms with van der Waals surface area (Å²) in [6.45, 7) is 6.04. The molecule has 1 aromatic carbocycles. The lowest BCUT2D eigenvalue weighted by Gasteiger charge is -2.33. The van der Waals surface area contributed by atoms with Gasteiger partial charge in [0.15, 0.2) is 0 Å². The maximum Gasteiger partial charge on any atom is 0.323 e. The second kappa shape index (κ2) is 13.5. The second-order valence-corrected chi connectivity index (χ2v) is 9.60. The molecule has 2 rings (SSSR count). The smallest absolute Gasteiger partial charge is 0.323 e. The van der Waals surface area contributed by atoms with Gasteiger partial charge in [0, 0.05) is 17.5 Å². The van der Waals surface area contributed by atoms with Crippen LogP contribution in [0.4, 0.5) is 0 Å². The number of unbranched alkanes of at least 4 members (excludes halogenated alkanes) is 1. The van der Waals surface area contributed by atoms with Crippen LogP contribution in [-0.2, 0) is 25.5 Å². The van der Waals surface area contributed by atoms with Crippen molar-refractivity contribution >= 4 is 29.6 Å². The molecule has 1 heterocycles. The molecule has 2 N–H and O–H groups in total. The molecule has 0 aliphatic carbocycles. The number of aryl methyl sites for hydroxylation is 1. The Morgan fingerprint density at radius 2 is 1.97 bits per heavy atom. The molecule has 178 valence electrons. The number of ether oxygens (including phenoxy) is 1. The lowest BCUT2D eigenvalue weighted by Crippen LogP contribution is -2.56. The number of carboxylic acid groups (broad SMARTS) is 1. The lowest BCUT2D eigenvalue weighted by atomic mass is 10.0. The van der Waals surface area contributed by atoms with Crippen molar-refractivity contribution in [2.24, 2.45) is 5.92 Å². The number of carbonyl (C=O) groups is 3. The van der Waals surface area contributed by atoms with Crippen molar-refractivity contribution in [2.75, 3.05) is 24.7 Å². The summed E-state index contributed by atoms with van der Waals surface area (Å²) in [4.78, 5) is 39.1. The van der Waals surface area contributed by atoms with E-state index in [1.54, 1.807) is 11.8 Å². The fourth-order valence-corrected chi connectivity index (χ4v) is 5.15. The Hall–Kier alpha value is -2.06. The Balaban J connectivity index is 2.15. The van der Waals surface area contributed by atoms with E-state index < -0.39 is 18.1 Å². The minimum absolute atomic E-state index is 0.137. The summed E-state index contributed by atoms with van der Waals surface area (Å²) in [7, 11) is 0. The number of amides is 1. The van der Waals surface area contributed by atoms with Crippen LogP contribution in [0.1, 0.15) is 45.6 Å². The largest absolute Gasteiger partial charge is 0.480 e. The van der Waals surface area contributed by atoms with Crippen molar-refractivity contribution in [1.29, 1.82) is 0 Å². The van der Waals surface area contributed by atoms with E-state index >= 15 is 0 Å². The summed E-state index contributed by atoms with van der Waals surface area (Å²) < 4.78 is 5.46. The molecule has 1 amide bonds. The first kappa shape index (κ1) is 26.2. The van der Waals surface area contributed by atoms with Crippen LogP contribution in [0.2, 0.25) is 0 Å². The molecule has 1 fully saturated rings. The molecule has 0 saturated carbocycles. The van der Waals surface area contributed by atoms with Crippen molar-refractivity contribution in [3.05, 3.63) is 35.9 Å². The highest BCUT2D eigenvalue weighted by Gasteiger charge is 2.37. The van der Waals surface area contributed by atoms with Crippen molar-refractivity contribution in [3.8, 4) is 0 Å². The standard InChI is InChI=1S/C24H36N2O5S/c1-4-5-13-31-24(30)19(12-11-18-9-7-6-8-10-18)25-20-15-32-16-21(17(2)3)26(23(20)29)14-22(27)28/h6-10,17,19-21,25H,4-5,11-16H2,1-3H3,(H,27,28). The van der Waals surface area contributed by atoms with Gasteiger partial charge in [-0.25, -0.2) is 0 Å². The first-order valence-electron chi connectivity index (χ1n) is 11.4. The van der Waals surface area contributed by atoms with Crippen LogP contribution in [0.5, 0.6) is 0 Å². The molecule has 0 spiro atoms. The molecule has 3 unspecified atom stereocenters. The van der Waals surface area contributed by atoms with E-state index in [9.17, 15) is 19.5 Å². The van der Waals surface area contributed by atoms with Gasteiger partial charge in [-0.15, -0.1) is 0 Å². The molecular weight excluding hydrogens is 428 g/mol. The highest BCUT2D eigenvalue weighted by molar-refractivity contribution is 7.99. The van der Waals surface area contributed by atoms with Crippen LogP contribution in [0.25, 0.3) is 0 Å². The van der Waals surface area contributed by atoms with Gasteiger partial charge < -0.3 is 14.7 Å². The average Bonchev–Trinajstić information content (AvgIpc) is 2.91. The molecule has 1 aliphatic rings. The van der Waals surface area contributed by atoms with Gasteiger partial charge in [0.1, 0.15) is 12.6 Å². The number of hydrogen-bond donors (Lipinski definition) is 2. The van der Waals surface area contributed by atoms with Gasteiger partial charge >= 0.3 is 11.9 Å². The number of nitrogens with zero attached hydrogens (tertiary/aromatic N) is 1. The van der Waals surface area contributed by atoms with Gasteiger partial charge in [0.2, 0.25) is 5.91 Å². The van der Waals surface area contributed by atoms with E-state index in [-0.39, 0.29) is 30.4 Å². The van der Waals surface area contributed by atoms with Crippen LogP contribution in [0.3, 0.4) is 0 Å². The van der Waals surface area contributed by atoms with Crippen molar-refractivity contribution in [1.82, 2.24) is 10.2 Å². The topological polar surface area (TPSA) is 95.9 Å². The highest BCUT2D eigenvalue weighted by atomic mass is 32.2. The number of carboxylic acids is 1. The Labute approximate surface area is 195 Å². The molecule has 8 heteroatoms. The maximum absolute atomic E-state index is 13.3. The third kappa shape index (κ3) is 8.13. The molecule has 32 heavy (non-hydrogen) atoms. The van der Waals surface area contributed by atoms with E-state index in [1.807, 2.05) is 51.1 Å². The number of benzene rings is 1. The fraction of sp³-hybridized carbons (Fsp3) is 0.625. The molecule has 1 aliphatic heterocycles. The number of esters is 1. The van der Waals surface area contributed by atoms with Crippen molar-refractivity contribution < 1.29 is 24.2 Å². The highest BCUT2D eigenvalue weighted by Crippen LogP contribution is 2.23. The van der Waals surface area contributed by atoms with E-state index in [0.717, 1.165) is 18.4 Å². The molecular formula is C24H36N2O5S. The van der Waals surface area contributed by atoms with E-state index in [1.165, 1.54) is 4.90 Å². The van der Waals surface area contributed by atoms with Gasteiger partial charge in [0.25, 0.3) is 0 Å². The van der Waals surface area contributed by atoms with E-state index in [0.29, 0.717) is 31.0 Å². The summed E-state index contributed by atoms with van der Waals surface area (Å²) >= 11 is 1.61. The number of carbonyl (C=O) groups excluding carboxylic acids is 2. The molecule has 0 aromatic heterocycles. The first-order chi connectivity index (χ1) is 15.3. The monoisotopic (exact) mass is 464 g/mol. The third-order valence-electron chi connectivity index (χ3n) is 5.62. The van der Waals surface area contributed by atoms with Crippen molar-refractivity contribution in [2.45, 2.75) is 64.6 Å². The summed E-state index contributed by atoms with van der Waals surface area (Å²) in [6.07, 6.45) is 2.88. The summed E-state index contributed by atoms with van der Waals surface area (Å²) in [5, 5.41) is 12.6. The zero-order valence-electron chi connectivity index (χ0n) is 19.3. The normalized spacial score (nSPS) is 20.1. The number of thioether (sulfide) groups is 1. The minimum atomic E-state index is -1.03. The average molecular weight is 465 g/mol. The Kier molecular flexibility index (Phi) is 11.0. The summed E-state index contributed by atoms with van der Waals surface area (Å²) in [5.41, 5.74) is 1.11. The predicted octanol–water partition coefficient (Wildman–Crippen LogP) is 2.97. The van der Waals surface area contributed by atoms with E-state index in [4.69, 9.17) is 4.74 Å². The quantitative estimate of drug-likeness (QED) is 0.363. The van der Waals surface area contributed by atoms with Gasteiger partial charge in [-0.05, 0) is 30.7 Å². The SMILES string of the molecule is CCCCOC(=O)C(CCc1ccccc1)NC1CSCC(C(C)C)N(CC(=O)O)C1=O. The number of rotatable bonds is 12. The molecule has 1 aromatic rings. The Bertz CT molecular complexity index is 743. The molecule has 3 atom stereocenters. The molecule has 7 nitrogen and oxygen atoms in total. The van der Waals surface area contributed by atoms with Crippen LogP contribution < -0.4 is 5.32 Å². The zero-order valence-corrected chi connectivity index (χ0v) is 20.1. The van der Waals surface area contributed by atoms with E-state index in [2.05, 4.69) is 5.32 Å². The zero-order chi connectivity index (χ0) is 23.5. The van der Waals surface area contributed by atoms with Crippen LogP contribution >= 0.6 is 11.8 Å². The fourth-order valence-electron chi connectivity index (χ4n) is 3.73. The maximum atomic E-state index is 13.3. The minimum Gasteiger partial charge on any atom is -0.480 e. The first-order valence-corrected chi connectivity index (χ1v) is 12.6. The van der Waals surface area contributed by atoms with Gasteiger partial charge in [-0.2, -0.15) is 11.8 Å². The molecule has 0 bridgehead atoms. The number of aliphatic carboxylic acids is 1. The molecule has 0 radical (unpaired) electrons. The van der Waals surface area contributed by atoms with Crippen LogP contribution in [0, 0.1) is 5.92 Å². The Morgan fingerprint density at radius 1 is 1.25 bits per heavy atom. The summed E-state index contributed by atoms with van der Waals surface area (Å²) in [5.74, 6) is -0.359. The van der Waals surface area contributed by atoms with Gasteiger partial charge in [-0.3, -0.25) is 19.7 Å². The number of nitrogens with one attached hydrogen (secondary N) is 1. The second-order valence-electron chi connectivity index (χ2n) is 8.53. The van der Waals surface area contributed by atoms with Gasteiger partial charge in [0.05, 0.1) is 12.6 Å². The lowest BCUT2D eigenvalue weighted by molar-refractivity contribution is -0.149. The van der Waals surface area contributed by atoms with Crippen LogP contribution in [-0.4, -0.2) is 70.6 Å². The van der Waals surface area contributed by atoms with Crippen molar-refractivity contribution in [3.63, 3.8) is 0 Å². The number of hydrogen-bond acceptors (Lipinski definition) is 6.